The summed E-state index contributed by atoms with van der Waals surface area (Å²) >= 11 is 0. The monoisotopic (exact) mass is 229 g/mol. The van der Waals surface area contributed by atoms with Crippen molar-refractivity contribution in [3.8, 4) is 0 Å². The lowest BCUT2D eigenvalue weighted by atomic mass is 9.87. The largest absolute Gasteiger partial charge is 0.396 e. The van der Waals surface area contributed by atoms with Crippen molar-refractivity contribution in [1.82, 2.24) is 5.32 Å². The second-order valence-electron chi connectivity index (χ2n) is 5.61. The Labute approximate surface area is 99.6 Å². The minimum absolute atomic E-state index is 0.288. The third-order valence-corrected chi connectivity index (χ3v) is 3.33. The van der Waals surface area contributed by atoms with E-state index in [1.54, 1.807) is 0 Å². The van der Waals surface area contributed by atoms with Gasteiger partial charge in [0.05, 0.1) is 0 Å². The summed E-state index contributed by atoms with van der Waals surface area (Å²) in [5, 5.41) is 12.5. The molecule has 0 aliphatic carbocycles. The van der Waals surface area contributed by atoms with Gasteiger partial charge in [0.1, 0.15) is 0 Å². The fraction of sp³-hybridized carbons (Fsp3) is 1.00. The number of aliphatic hydroxyl groups is 1. The minimum atomic E-state index is 0.288. The molecule has 0 bridgehead atoms. The molecule has 2 N–H and O–H groups in total. The number of ether oxygens (including phenoxy) is 1. The molecule has 1 aliphatic heterocycles. The van der Waals surface area contributed by atoms with Gasteiger partial charge in [0.15, 0.2) is 0 Å². The van der Waals surface area contributed by atoms with E-state index in [1.807, 2.05) is 0 Å². The molecule has 0 aromatic heterocycles. The Morgan fingerprint density at radius 2 is 2.12 bits per heavy atom. The highest BCUT2D eigenvalue weighted by molar-refractivity contribution is 4.76. The molecule has 96 valence electrons. The van der Waals surface area contributed by atoms with Gasteiger partial charge >= 0.3 is 0 Å². The molecule has 3 nitrogen and oxygen atoms in total. The first-order chi connectivity index (χ1) is 7.64. The molecule has 0 aromatic carbocycles. The third-order valence-electron chi connectivity index (χ3n) is 3.33. The molecule has 1 aliphatic rings. The molecule has 16 heavy (non-hydrogen) atoms. The molecule has 1 rings (SSSR count). The van der Waals surface area contributed by atoms with Crippen LogP contribution in [0.5, 0.6) is 0 Å². The topological polar surface area (TPSA) is 41.5 Å². The van der Waals surface area contributed by atoms with Gasteiger partial charge in [0.25, 0.3) is 0 Å². The van der Waals surface area contributed by atoms with E-state index in [4.69, 9.17) is 9.84 Å². The van der Waals surface area contributed by atoms with Crippen molar-refractivity contribution in [2.75, 3.05) is 26.4 Å². The fourth-order valence-electron chi connectivity index (χ4n) is 2.17. The first kappa shape index (κ1) is 13.9. The lowest BCUT2D eigenvalue weighted by Gasteiger charge is -2.27. The molecule has 1 fully saturated rings. The van der Waals surface area contributed by atoms with E-state index < -0.39 is 0 Å². The van der Waals surface area contributed by atoms with Crippen molar-refractivity contribution in [3.63, 3.8) is 0 Å². The highest BCUT2D eigenvalue weighted by Crippen LogP contribution is 2.21. The molecule has 1 atom stereocenters. The Morgan fingerprint density at radius 3 is 2.88 bits per heavy atom. The van der Waals surface area contributed by atoms with Crippen molar-refractivity contribution >= 4 is 0 Å². The average Bonchev–Trinajstić information content (AvgIpc) is 2.52. The summed E-state index contributed by atoms with van der Waals surface area (Å²) in [6.07, 6.45) is 5.53. The number of aliphatic hydroxyl groups excluding tert-OH is 1. The summed E-state index contributed by atoms with van der Waals surface area (Å²) in [6, 6.07) is 0.621. The van der Waals surface area contributed by atoms with Crippen molar-refractivity contribution in [2.45, 2.75) is 52.0 Å². The summed E-state index contributed by atoms with van der Waals surface area (Å²) in [4.78, 5) is 0. The van der Waals surface area contributed by atoms with Crippen LogP contribution < -0.4 is 5.32 Å². The van der Waals surface area contributed by atoms with Crippen LogP contribution >= 0.6 is 0 Å². The second kappa shape index (κ2) is 7.25. The Bertz CT molecular complexity index is 175. The summed E-state index contributed by atoms with van der Waals surface area (Å²) in [5.74, 6) is 0. The lowest BCUT2D eigenvalue weighted by molar-refractivity contribution is 0.142. The number of rotatable bonds is 6. The molecule has 1 saturated heterocycles. The molecule has 3 heteroatoms. The van der Waals surface area contributed by atoms with E-state index >= 15 is 0 Å². The predicted octanol–water partition coefficient (Wildman–Crippen LogP) is 1.94. The molecule has 1 unspecified atom stereocenters. The smallest absolute Gasteiger partial charge is 0.0480 e. The van der Waals surface area contributed by atoms with Crippen molar-refractivity contribution in [1.29, 1.82) is 0 Å². The number of hydrogen-bond acceptors (Lipinski definition) is 3. The van der Waals surface area contributed by atoms with Crippen LogP contribution in [0.25, 0.3) is 0 Å². The molecule has 0 spiro atoms. The molecular formula is C13H27NO2. The predicted molar refractivity (Wildman–Crippen MR) is 66.6 cm³/mol. The summed E-state index contributed by atoms with van der Waals surface area (Å²) in [6.45, 7) is 7.70. The fourth-order valence-corrected chi connectivity index (χ4v) is 2.17. The van der Waals surface area contributed by atoms with Crippen LogP contribution in [0.3, 0.4) is 0 Å². The average molecular weight is 229 g/mol. The van der Waals surface area contributed by atoms with Gasteiger partial charge in [-0.3, -0.25) is 0 Å². The molecular weight excluding hydrogens is 202 g/mol. The van der Waals surface area contributed by atoms with Crippen LogP contribution in [0.2, 0.25) is 0 Å². The van der Waals surface area contributed by atoms with E-state index in [1.165, 1.54) is 12.8 Å². The number of nitrogens with one attached hydrogen (secondary N) is 1. The van der Waals surface area contributed by atoms with Gasteiger partial charge in [-0.1, -0.05) is 13.8 Å². The summed E-state index contributed by atoms with van der Waals surface area (Å²) in [7, 11) is 0. The SMILES string of the molecule is CC(C)(CCCO)CNC1CCCOCC1. The van der Waals surface area contributed by atoms with Gasteiger partial charge in [-0.05, 0) is 37.5 Å². The van der Waals surface area contributed by atoms with Crippen LogP contribution in [0.4, 0.5) is 0 Å². The zero-order valence-electron chi connectivity index (χ0n) is 10.8. The maximum atomic E-state index is 8.85. The zero-order valence-corrected chi connectivity index (χ0v) is 10.8. The Morgan fingerprint density at radius 1 is 1.31 bits per heavy atom. The van der Waals surface area contributed by atoms with Crippen LogP contribution in [-0.2, 0) is 4.74 Å². The Kier molecular flexibility index (Phi) is 6.32. The van der Waals surface area contributed by atoms with Gasteiger partial charge < -0.3 is 15.2 Å². The van der Waals surface area contributed by atoms with Crippen LogP contribution in [0.15, 0.2) is 0 Å². The lowest BCUT2D eigenvalue weighted by Crippen LogP contribution is -2.37. The third kappa shape index (κ3) is 5.83. The highest BCUT2D eigenvalue weighted by atomic mass is 16.5. The van der Waals surface area contributed by atoms with E-state index in [-0.39, 0.29) is 5.41 Å². The van der Waals surface area contributed by atoms with Gasteiger partial charge in [-0.25, -0.2) is 0 Å². The van der Waals surface area contributed by atoms with E-state index in [9.17, 15) is 0 Å². The maximum absolute atomic E-state index is 8.85. The van der Waals surface area contributed by atoms with Gasteiger partial charge in [0, 0.05) is 32.4 Å². The maximum Gasteiger partial charge on any atom is 0.0480 e. The second-order valence-corrected chi connectivity index (χ2v) is 5.61. The Balaban J connectivity index is 2.20. The van der Waals surface area contributed by atoms with E-state index in [2.05, 4.69) is 19.2 Å². The minimum Gasteiger partial charge on any atom is -0.396 e. The number of hydrogen-bond donors (Lipinski definition) is 2. The standard InChI is InChI=1S/C13H27NO2/c1-13(2,7-4-8-15)11-14-12-5-3-9-16-10-6-12/h12,14-15H,3-11H2,1-2H3. The molecule has 0 radical (unpaired) electrons. The van der Waals surface area contributed by atoms with E-state index in [0.717, 1.165) is 39.0 Å². The first-order valence-electron chi connectivity index (χ1n) is 6.56. The van der Waals surface area contributed by atoms with E-state index in [0.29, 0.717) is 12.6 Å². The molecule has 0 saturated carbocycles. The highest BCUT2D eigenvalue weighted by Gasteiger charge is 2.19. The van der Waals surface area contributed by atoms with Gasteiger partial charge in [0.2, 0.25) is 0 Å². The van der Waals surface area contributed by atoms with Crippen molar-refractivity contribution in [2.24, 2.45) is 5.41 Å². The quantitative estimate of drug-likeness (QED) is 0.731. The van der Waals surface area contributed by atoms with Gasteiger partial charge in [-0.2, -0.15) is 0 Å². The first-order valence-corrected chi connectivity index (χ1v) is 6.56. The molecule has 1 heterocycles. The van der Waals surface area contributed by atoms with Crippen LogP contribution in [-0.4, -0.2) is 37.5 Å². The zero-order chi connectivity index (χ0) is 11.9. The van der Waals surface area contributed by atoms with Crippen molar-refractivity contribution in [3.05, 3.63) is 0 Å². The normalized spacial score (nSPS) is 23.1. The Hall–Kier alpha value is -0.120. The van der Waals surface area contributed by atoms with Crippen molar-refractivity contribution < 1.29 is 9.84 Å². The molecule has 0 aromatic rings. The van der Waals surface area contributed by atoms with Crippen LogP contribution in [0.1, 0.15) is 46.0 Å². The summed E-state index contributed by atoms with van der Waals surface area (Å²) in [5.41, 5.74) is 0.288. The van der Waals surface area contributed by atoms with Gasteiger partial charge in [-0.15, -0.1) is 0 Å². The molecule has 0 amide bonds. The van der Waals surface area contributed by atoms with Crippen LogP contribution in [0, 0.1) is 5.41 Å². The summed E-state index contributed by atoms with van der Waals surface area (Å²) < 4.78 is 5.45.